The van der Waals surface area contributed by atoms with E-state index >= 15 is 0 Å². The van der Waals surface area contributed by atoms with Crippen LogP contribution in [0.2, 0.25) is 0 Å². The molecule has 0 aliphatic heterocycles. The van der Waals surface area contributed by atoms with Gasteiger partial charge in [0.1, 0.15) is 22.5 Å². The van der Waals surface area contributed by atoms with Crippen LogP contribution in [0.3, 0.4) is 0 Å². The standard InChI is InChI=1S/C26H29N5O2S/c1-4-6-7-18-14-17(3)15-24(25(18)32)31-29-22-13-12-21(16-23(22)30-31)34-20-10-8-19(9-11-20)28-26(33)27-5-2/h8-16,32H,4-7H2,1-3H3,(H2,27,28,33). The van der Waals surface area contributed by atoms with E-state index in [1.165, 1.54) is 4.80 Å². The van der Waals surface area contributed by atoms with Gasteiger partial charge in [-0.05, 0) is 86.3 Å². The normalized spacial score (nSPS) is 11.0. The molecule has 0 atom stereocenters. The van der Waals surface area contributed by atoms with Gasteiger partial charge in [-0.25, -0.2) is 4.79 Å². The molecule has 0 saturated heterocycles. The number of carbonyl (C=O) groups excluding carboxylic acids is 1. The SMILES string of the molecule is CCCCc1cc(C)cc(-n2nc3ccc(Sc4ccc(NC(=O)NCC)cc4)cc3n2)c1O. The summed E-state index contributed by atoms with van der Waals surface area (Å²) in [6.07, 6.45) is 2.92. The van der Waals surface area contributed by atoms with Crippen molar-refractivity contribution in [3.8, 4) is 11.4 Å². The van der Waals surface area contributed by atoms with Crippen LogP contribution < -0.4 is 10.6 Å². The third-order valence-corrected chi connectivity index (χ3v) is 6.36. The molecule has 7 nitrogen and oxygen atoms in total. The van der Waals surface area contributed by atoms with Gasteiger partial charge in [0.05, 0.1) is 0 Å². The van der Waals surface area contributed by atoms with Gasteiger partial charge in [-0.1, -0.05) is 31.2 Å². The molecule has 0 radical (unpaired) electrons. The predicted molar refractivity (Wildman–Crippen MR) is 137 cm³/mol. The van der Waals surface area contributed by atoms with Gasteiger partial charge in [-0.15, -0.1) is 15.0 Å². The summed E-state index contributed by atoms with van der Waals surface area (Å²) in [5, 5.41) is 25.6. The highest BCUT2D eigenvalue weighted by Crippen LogP contribution is 2.32. The molecule has 3 aromatic carbocycles. The van der Waals surface area contributed by atoms with E-state index in [1.54, 1.807) is 11.8 Å². The topological polar surface area (TPSA) is 92.1 Å². The molecule has 0 bridgehead atoms. The average molecular weight is 476 g/mol. The average Bonchev–Trinajstić information content (AvgIpc) is 3.24. The van der Waals surface area contributed by atoms with Crippen LogP contribution in [-0.2, 0) is 6.42 Å². The van der Waals surface area contributed by atoms with E-state index in [0.29, 0.717) is 12.2 Å². The number of phenolic OH excluding ortho intramolecular Hbond substituents is 1. The molecule has 4 aromatic rings. The summed E-state index contributed by atoms with van der Waals surface area (Å²) in [5.41, 5.74) is 4.87. The number of anilines is 1. The van der Waals surface area contributed by atoms with E-state index in [9.17, 15) is 9.90 Å². The summed E-state index contributed by atoms with van der Waals surface area (Å²) in [5.74, 6) is 0.246. The maximum atomic E-state index is 11.7. The third-order valence-electron chi connectivity index (χ3n) is 5.37. The molecule has 3 N–H and O–H groups in total. The van der Waals surface area contributed by atoms with Crippen LogP contribution in [0.15, 0.2) is 64.4 Å². The second-order valence-electron chi connectivity index (χ2n) is 8.15. The molecule has 2 amide bonds. The quantitative estimate of drug-likeness (QED) is 0.288. The lowest BCUT2D eigenvalue weighted by molar-refractivity contribution is 0.252. The van der Waals surface area contributed by atoms with E-state index in [0.717, 1.165) is 56.9 Å². The van der Waals surface area contributed by atoms with Crippen molar-refractivity contribution in [2.45, 2.75) is 49.8 Å². The monoisotopic (exact) mass is 475 g/mol. The van der Waals surface area contributed by atoms with Crippen LogP contribution in [-0.4, -0.2) is 32.7 Å². The fraction of sp³-hybridized carbons (Fsp3) is 0.269. The summed E-state index contributed by atoms with van der Waals surface area (Å²) in [6, 6.07) is 17.4. The van der Waals surface area contributed by atoms with Crippen molar-refractivity contribution in [3.05, 3.63) is 65.7 Å². The van der Waals surface area contributed by atoms with Crippen LogP contribution in [0.4, 0.5) is 10.5 Å². The van der Waals surface area contributed by atoms with Gasteiger partial charge in [0.25, 0.3) is 0 Å². The first-order chi connectivity index (χ1) is 16.5. The number of rotatable bonds is 8. The lowest BCUT2D eigenvalue weighted by atomic mass is 10.0. The molecule has 1 heterocycles. The Morgan fingerprint density at radius 3 is 2.47 bits per heavy atom. The summed E-state index contributed by atoms with van der Waals surface area (Å²) >= 11 is 1.61. The number of nitrogens with one attached hydrogen (secondary N) is 2. The Labute approximate surface area is 203 Å². The highest BCUT2D eigenvalue weighted by molar-refractivity contribution is 7.99. The molecule has 8 heteroatoms. The maximum Gasteiger partial charge on any atom is 0.319 e. The molecular weight excluding hydrogens is 446 g/mol. The van der Waals surface area contributed by atoms with E-state index < -0.39 is 0 Å². The van der Waals surface area contributed by atoms with E-state index in [-0.39, 0.29) is 11.8 Å². The largest absolute Gasteiger partial charge is 0.505 e. The first-order valence-corrected chi connectivity index (χ1v) is 12.3. The van der Waals surface area contributed by atoms with Crippen LogP contribution in [0.25, 0.3) is 16.7 Å². The van der Waals surface area contributed by atoms with Crippen molar-refractivity contribution in [1.82, 2.24) is 20.3 Å². The first kappa shape index (κ1) is 23.6. The van der Waals surface area contributed by atoms with Crippen molar-refractivity contribution < 1.29 is 9.90 Å². The number of urea groups is 1. The van der Waals surface area contributed by atoms with Gasteiger partial charge in [0.15, 0.2) is 0 Å². The number of nitrogens with zero attached hydrogens (tertiary/aromatic N) is 3. The molecule has 0 spiro atoms. The molecule has 4 rings (SSSR count). The van der Waals surface area contributed by atoms with E-state index in [2.05, 4.69) is 27.8 Å². The number of amides is 2. The smallest absolute Gasteiger partial charge is 0.319 e. The lowest BCUT2D eigenvalue weighted by Gasteiger charge is -2.10. The van der Waals surface area contributed by atoms with E-state index in [4.69, 9.17) is 0 Å². The lowest BCUT2D eigenvalue weighted by Crippen LogP contribution is -2.28. The van der Waals surface area contributed by atoms with Crippen molar-refractivity contribution in [2.24, 2.45) is 0 Å². The Kier molecular flexibility index (Phi) is 7.37. The number of aromatic nitrogens is 3. The van der Waals surface area contributed by atoms with Crippen molar-refractivity contribution in [3.63, 3.8) is 0 Å². The molecule has 0 aliphatic carbocycles. The van der Waals surface area contributed by atoms with Gasteiger partial charge < -0.3 is 15.7 Å². The predicted octanol–water partition coefficient (Wildman–Crippen LogP) is 6.07. The van der Waals surface area contributed by atoms with E-state index in [1.807, 2.05) is 68.4 Å². The first-order valence-electron chi connectivity index (χ1n) is 11.5. The van der Waals surface area contributed by atoms with Gasteiger partial charge in [-0.3, -0.25) is 0 Å². The number of aryl methyl sites for hydroxylation is 2. The number of fused-ring (bicyclic) bond motifs is 1. The Bertz CT molecular complexity index is 1300. The number of phenols is 1. The van der Waals surface area contributed by atoms with Crippen LogP contribution in [0.5, 0.6) is 5.75 Å². The van der Waals surface area contributed by atoms with Crippen molar-refractivity contribution in [1.29, 1.82) is 0 Å². The molecule has 34 heavy (non-hydrogen) atoms. The second-order valence-corrected chi connectivity index (χ2v) is 9.29. The fourth-order valence-corrected chi connectivity index (χ4v) is 4.54. The van der Waals surface area contributed by atoms with Gasteiger partial charge in [0.2, 0.25) is 0 Å². The molecule has 1 aromatic heterocycles. The summed E-state index contributed by atoms with van der Waals surface area (Å²) in [6.45, 7) is 6.62. The number of carbonyl (C=O) groups is 1. The van der Waals surface area contributed by atoms with Crippen molar-refractivity contribution >= 4 is 34.5 Å². The van der Waals surface area contributed by atoms with Crippen LogP contribution >= 0.6 is 11.8 Å². The van der Waals surface area contributed by atoms with Gasteiger partial charge in [-0.2, -0.15) is 0 Å². The maximum absolute atomic E-state index is 11.7. The minimum atomic E-state index is -0.214. The molecule has 0 aliphatic rings. The highest BCUT2D eigenvalue weighted by atomic mass is 32.2. The zero-order valence-corrected chi connectivity index (χ0v) is 20.4. The molecule has 0 saturated carbocycles. The minimum Gasteiger partial charge on any atom is -0.505 e. The fourth-order valence-electron chi connectivity index (χ4n) is 3.69. The summed E-state index contributed by atoms with van der Waals surface area (Å²) < 4.78 is 0. The molecule has 176 valence electrons. The van der Waals surface area contributed by atoms with Crippen LogP contribution in [0, 0.1) is 6.92 Å². The number of benzene rings is 3. The minimum absolute atomic E-state index is 0.214. The molecular formula is C26H29N5O2S. The molecule has 0 unspecified atom stereocenters. The number of unbranched alkanes of at least 4 members (excludes halogenated alkanes) is 1. The zero-order chi connectivity index (χ0) is 24.1. The second kappa shape index (κ2) is 10.6. The Hall–Kier alpha value is -3.52. The van der Waals surface area contributed by atoms with Gasteiger partial charge in [0, 0.05) is 22.0 Å². The zero-order valence-electron chi connectivity index (χ0n) is 19.6. The highest BCUT2D eigenvalue weighted by Gasteiger charge is 2.14. The summed E-state index contributed by atoms with van der Waals surface area (Å²) in [7, 11) is 0. The van der Waals surface area contributed by atoms with Crippen LogP contribution in [0.1, 0.15) is 37.8 Å². The summed E-state index contributed by atoms with van der Waals surface area (Å²) in [4.78, 5) is 15.3. The Morgan fingerprint density at radius 2 is 1.74 bits per heavy atom. The Morgan fingerprint density at radius 1 is 1.00 bits per heavy atom. The molecule has 0 fully saturated rings. The Balaban J connectivity index is 1.54. The third kappa shape index (κ3) is 5.51. The van der Waals surface area contributed by atoms with Gasteiger partial charge >= 0.3 is 6.03 Å². The number of hydrogen-bond donors (Lipinski definition) is 3. The number of hydrogen-bond acceptors (Lipinski definition) is 5. The number of aromatic hydroxyl groups is 1. The van der Waals surface area contributed by atoms with Crippen molar-refractivity contribution in [2.75, 3.05) is 11.9 Å².